The minimum Gasteiger partial charge on any atom is -0.481 e. The third-order valence-electron chi connectivity index (χ3n) is 23.2. The van der Waals surface area contributed by atoms with Gasteiger partial charge in [0, 0.05) is 197 Å². The minimum atomic E-state index is -0.968. The van der Waals surface area contributed by atoms with Gasteiger partial charge in [-0.1, -0.05) is 49.4 Å². The molecule has 7 aromatic carbocycles. The fourth-order valence-electron chi connectivity index (χ4n) is 16.1. The zero-order valence-electron chi connectivity index (χ0n) is 73.0. The molecule has 0 amide bonds. The summed E-state index contributed by atoms with van der Waals surface area (Å²) in [5.41, 5.74) is 25.6. The van der Waals surface area contributed by atoms with E-state index in [2.05, 4.69) is 27.5 Å². The van der Waals surface area contributed by atoms with E-state index < -0.39 is 41.8 Å². The fourth-order valence-corrected chi connectivity index (χ4v) is 16.1. The predicted molar refractivity (Wildman–Crippen MR) is 483 cm³/mol. The summed E-state index contributed by atoms with van der Waals surface area (Å²) in [6.45, 7) is 11.8. The highest BCUT2D eigenvalue weighted by molar-refractivity contribution is 6.05. The molecule has 664 valence electrons. The number of unbranched alkanes of at least 4 members (excludes halogenated alkanes) is 1. The van der Waals surface area contributed by atoms with Crippen molar-refractivity contribution >= 4 is 124 Å². The van der Waals surface area contributed by atoms with Crippen LogP contribution in [0.4, 0.5) is 0 Å². The molecule has 0 aliphatic heterocycles. The number of hydrogen-bond donors (Lipinski definition) is 14. The van der Waals surface area contributed by atoms with Crippen LogP contribution in [0.2, 0.25) is 0 Å². The Balaban J connectivity index is 0.000000181. The summed E-state index contributed by atoms with van der Waals surface area (Å²) in [5, 5.41) is 133. The molecule has 28 heteroatoms. The number of carboxylic acids is 7. The Kier molecular flexibility index (Phi) is 34.6. The molecule has 7 aromatic heterocycles. The van der Waals surface area contributed by atoms with Crippen LogP contribution in [0.5, 0.6) is 0 Å². The molecule has 0 aliphatic rings. The van der Waals surface area contributed by atoms with Crippen LogP contribution in [0.25, 0.3) is 82.4 Å². The number of nitrogens with zero attached hydrogens (tertiary/aromatic N) is 7. The third-order valence-corrected chi connectivity index (χ3v) is 23.2. The first-order valence-corrected chi connectivity index (χ1v) is 40.9. The second-order valence-corrected chi connectivity index (χ2v) is 31.0. The Labute approximate surface area is 723 Å². The second-order valence-electron chi connectivity index (χ2n) is 31.0. The van der Waals surface area contributed by atoms with Crippen molar-refractivity contribution < 1.29 is 105 Å². The van der Waals surface area contributed by atoms with Gasteiger partial charge in [-0.2, -0.15) is 0 Å². The summed E-state index contributed by atoms with van der Waals surface area (Å²) in [6, 6.07) is 40.1. The number of aromatic nitrogens is 7. The molecular formula is C97H115N7O21. The molecule has 7 heterocycles. The van der Waals surface area contributed by atoms with Gasteiger partial charge in [0.25, 0.3) is 0 Å². The molecule has 0 atom stereocenters. The number of aromatic carboxylic acids is 1. The Morgan fingerprint density at radius 1 is 0.320 bits per heavy atom. The number of aliphatic hydroxyl groups excluding tert-OH is 7. The molecule has 0 saturated heterocycles. The molecule has 14 rings (SSSR count). The number of carbonyl (C=O) groups is 7. The average molecular weight is 1720 g/mol. The maximum Gasteiger partial charge on any atom is 0.338 e. The van der Waals surface area contributed by atoms with E-state index in [0.717, 1.165) is 187 Å². The molecule has 0 aliphatic carbocycles. The fraction of sp³-hybridized carbons (Fsp3) is 0.330. The van der Waals surface area contributed by atoms with Gasteiger partial charge in [-0.25, -0.2) is 9.59 Å². The third kappa shape index (κ3) is 23.5. The Hall–Kier alpha value is -12.9. The SMILES string of the molecule is CCc1c(CC(=O)O)c2cc(CO)ccc2n1C.Cc1c(/C=C/C(=O)O)c2cc(CO)ccc2n1C.Cc1c(C(=O)O)c2cc(CO)ccc2n1C.Cc1c(CCC(=O)O)c2cc(CO)ccc2n1C.Cc1c(CCCC(=O)O)c2cc(CO)ccc2n1C.Cc1c(CCCCC(=O)O)c2cc(CO)ccc2n1C.Cn1cc(CC(=O)O)c2cc(CO)ccc21. The standard InChI is InChI=1S/C16H21NO3.C15H19NO3.C14H17NO3.C14H15NO3.C14H17NO3.2C12H13NO3/c1-11-13(5-3-4-6-16(19)20)14-9-12(10-18)7-8-15(14)17(11)2;1-10-12(4-3-5-15(18)19)13-8-11(9-17)6-7-14(13)16(10)2;2*1-9-11(4-6-14(17)18)12-7-10(8-16)3-5-13(12)15(9)2;1-3-12-11(7-14(17)18)10-6-9(8-16)4-5-13(10)15(12)2;1-7-11(12(15)16)9-5-8(6-14)3-4-10(9)13(7)2;1-13-6-9(5-12(15)16)10-4-8(7-14)2-3-11(10)13/h7-9,18H,3-6,10H2,1-2H3,(H,19,20);6-8,17H,3-5,9H2,1-2H3,(H,18,19);3,5,7,16H,4,6,8H2,1-2H3,(H,17,18);3-7,16H,8H2,1-2H3,(H,17,18);4-6,16H,3,7-8H2,1-2H3,(H,17,18);3-5,14H,6H2,1-2H3,(H,15,16);2-4,6,14H,5,7H2,1H3,(H,15,16)/b;;;6-4+;;;. The van der Waals surface area contributed by atoms with Crippen molar-refractivity contribution in [1.29, 1.82) is 0 Å². The summed E-state index contributed by atoms with van der Waals surface area (Å²) >= 11 is 0. The van der Waals surface area contributed by atoms with E-state index in [0.29, 0.717) is 30.2 Å². The quantitative estimate of drug-likeness (QED) is 0.0168. The lowest BCUT2D eigenvalue weighted by molar-refractivity contribution is -0.138. The Morgan fingerprint density at radius 2 is 0.640 bits per heavy atom. The van der Waals surface area contributed by atoms with Crippen molar-refractivity contribution in [2.75, 3.05) is 0 Å². The summed E-state index contributed by atoms with van der Waals surface area (Å²) in [4.78, 5) is 75.3. The van der Waals surface area contributed by atoms with E-state index in [1.807, 2.05) is 210 Å². The van der Waals surface area contributed by atoms with Crippen molar-refractivity contribution in [3.05, 3.63) is 252 Å². The zero-order valence-corrected chi connectivity index (χ0v) is 73.0. The van der Waals surface area contributed by atoms with Crippen molar-refractivity contribution in [2.45, 2.75) is 165 Å². The number of aliphatic carboxylic acids is 6. The van der Waals surface area contributed by atoms with E-state index in [4.69, 9.17) is 51.1 Å². The molecule has 0 saturated carbocycles. The monoisotopic (exact) mass is 1710 g/mol. The lowest BCUT2D eigenvalue weighted by Crippen LogP contribution is -2.04. The highest BCUT2D eigenvalue weighted by Gasteiger charge is 2.22. The van der Waals surface area contributed by atoms with Crippen molar-refractivity contribution in [1.82, 2.24) is 32.0 Å². The Bertz CT molecular complexity index is 6310. The van der Waals surface area contributed by atoms with Gasteiger partial charge in [-0.3, -0.25) is 24.0 Å². The van der Waals surface area contributed by atoms with Crippen LogP contribution < -0.4 is 0 Å². The molecule has 0 radical (unpaired) electrons. The number of rotatable bonds is 27. The molecule has 0 fully saturated rings. The maximum absolute atomic E-state index is 11.2. The number of hydrogen-bond acceptors (Lipinski definition) is 14. The van der Waals surface area contributed by atoms with Gasteiger partial charge in [-0.15, -0.1) is 0 Å². The van der Waals surface area contributed by atoms with Crippen LogP contribution in [0.3, 0.4) is 0 Å². The van der Waals surface area contributed by atoms with Gasteiger partial charge >= 0.3 is 41.8 Å². The molecule has 28 nitrogen and oxygen atoms in total. The first-order valence-electron chi connectivity index (χ1n) is 40.9. The molecule has 14 N–H and O–H groups in total. The molecule has 0 bridgehead atoms. The van der Waals surface area contributed by atoms with E-state index in [-0.39, 0.29) is 78.4 Å². The number of carboxylic acid groups (broad SMARTS) is 7. The zero-order chi connectivity index (χ0) is 92.1. The molecule has 125 heavy (non-hydrogen) atoms. The van der Waals surface area contributed by atoms with Crippen molar-refractivity contribution in [3.63, 3.8) is 0 Å². The maximum atomic E-state index is 11.2. The number of benzene rings is 7. The topological polar surface area (TPSA) is 437 Å². The normalized spacial score (nSPS) is 11.1. The number of aryl methyl sites for hydroxylation is 10. The average Bonchev–Trinajstić information content (AvgIpc) is 1.70. The molecular weight excluding hydrogens is 1600 g/mol. The number of aliphatic hydroxyl groups is 7. The Morgan fingerprint density at radius 3 is 1.02 bits per heavy atom. The smallest absolute Gasteiger partial charge is 0.338 e. The van der Waals surface area contributed by atoms with Gasteiger partial charge in [0.2, 0.25) is 0 Å². The number of fused-ring (bicyclic) bond motifs is 7. The molecule has 14 aromatic rings. The summed E-state index contributed by atoms with van der Waals surface area (Å²) < 4.78 is 14.1. The molecule has 0 unspecified atom stereocenters. The largest absolute Gasteiger partial charge is 0.481 e. The van der Waals surface area contributed by atoms with Crippen LogP contribution in [-0.2, 0) is 163 Å². The summed E-state index contributed by atoms with van der Waals surface area (Å²) in [7, 11) is 13.6. The second kappa shape index (κ2) is 44.4. The van der Waals surface area contributed by atoms with Crippen molar-refractivity contribution in [2.24, 2.45) is 49.3 Å². The van der Waals surface area contributed by atoms with Gasteiger partial charge in [0.05, 0.1) is 64.7 Å². The first-order chi connectivity index (χ1) is 59.4. The van der Waals surface area contributed by atoms with Gasteiger partial charge in [0.15, 0.2) is 0 Å². The highest BCUT2D eigenvalue weighted by atomic mass is 16.4. The van der Waals surface area contributed by atoms with Crippen LogP contribution in [0.15, 0.2) is 140 Å². The van der Waals surface area contributed by atoms with Crippen LogP contribution in [0.1, 0.15) is 162 Å². The van der Waals surface area contributed by atoms with E-state index in [1.54, 1.807) is 25.1 Å². The predicted octanol–water partition coefficient (Wildman–Crippen LogP) is 14.1. The van der Waals surface area contributed by atoms with E-state index in [9.17, 15) is 54.0 Å². The van der Waals surface area contributed by atoms with E-state index in [1.165, 1.54) is 22.2 Å². The highest BCUT2D eigenvalue weighted by Crippen LogP contribution is 2.34. The van der Waals surface area contributed by atoms with Gasteiger partial charge < -0.3 is 103 Å². The summed E-state index contributed by atoms with van der Waals surface area (Å²) in [5.74, 6) is -5.85. The van der Waals surface area contributed by atoms with Crippen molar-refractivity contribution in [3.8, 4) is 0 Å². The van der Waals surface area contributed by atoms with Gasteiger partial charge in [-0.05, 0) is 237 Å². The van der Waals surface area contributed by atoms with Gasteiger partial charge in [0.1, 0.15) is 0 Å². The van der Waals surface area contributed by atoms with E-state index >= 15 is 0 Å². The molecule has 0 spiro atoms. The lowest BCUT2D eigenvalue weighted by Gasteiger charge is -2.02. The first kappa shape index (κ1) is 97.5. The minimum absolute atomic E-state index is 0.00223. The van der Waals surface area contributed by atoms with Crippen LogP contribution in [0, 0.1) is 34.6 Å². The lowest BCUT2D eigenvalue weighted by atomic mass is 10.0. The van der Waals surface area contributed by atoms with Crippen LogP contribution >= 0.6 is 0 Å². The summed E-state index contributed by atoms with van der Waals surface area (Å²) in [6.07, 6.45) is 10.3. The van der Waals surface area contributed by atoms with Crippen LogP contribution in [-0.4, -0.2) is 145 Å².